The number of nitrogens with two attached hydrogens (primary N) is 1. The average molecular weight is 868 g/mol. The lowest BCUT2D eigenvalue weighted by molar-refractivity contribution is 0.472. The molecule has 6 aromatic rings. The summed E-state index contributed by atoms with van der Waals surface area (Å²) >= 11 is 0. The van der Waals surface area contributed by atoms with Gasteiger partial charge < -0.3 is 10.8 Å². The van der Waals surface area contributed by atoms with Crippen molar-refractivity contribution in [3.63, 3.8) is 0 Å². The van der Waals surface area contributed by atoms with E-state index in [0.29, 0.717) is 12.1 Å². The van der Waals surface area contributed by atoms with Crippen LogP contribution in [-0.2, 0) is 50.6 Å². The monoisotopic (exact) mass is 867 g/mol. The molecule has 26 heteroatoms. The molecule has 0 aliphatic carbocycles. The molecule has 0 aliphatic heterocycles. The average Bonchev–Trinajstić information content (AvgIpc) is 3.07. The molecule has 0 spiro atoms. The lowest BCUT2D eigenvalue weighted by Crippen LogP contribution is -2.03. The van der Waals surface area contributed by atoms with E-state index >= 15 is 0 Å². The zero-order valence-electron chi connectivity index (χ0n) is 27.2. The largest absolute Gasteiger partial charge is 0.505 e. The second-order valence-corrected chi connectivity index (χ2v) is 18.6. The van der Waals surface area contributed by atoms with E-state index in [2.05, 4.69) is 20.5 Å². The molecule has 0 unspecified atom stereocenters. The molecule has 0 amide bonds. The lowest BCUT2D eigenvalue weighted by atomic mass is 10.0. The molecule has 0 radical (unpaired) electrons. The number of azo groups is 2. The van der Waals surface area contributed by atoms with Gasteiger partial charge in [0.2, 0.25) is 0 Å². The van der Waals surface area contributed by atoms with Crippen molar-refractivity contribution in [3.05, 3.63) is 78.9 Å². The van der Waals surface area contributed by atoms with Crippen LogP contribution in [0, 0.1) is 0 Å². The van der Waals surface area contributed by atoms with Gasteiger partial charge in [0.05, 0.1) is 37.1 Å². The highest BCUT2D eigenvalue weighted by atomic mass is 32.2. The van der Waals surface area contributed by atoms with Gasteiger partial charge in [-0.05, 0) is 70.8 Å². The van der Waals surface area contributed by atoms with Crippen LogP contribution in [0.5, 0.6) is 5.75 Å². The Morgan fingerprint density at radius 2 is 0.911 bits per heavy atom. The highest BCUT2D eigenvalue weighted by Gasteiger charge is 2.28. The summed E-state index contributed by atoms with van der Waals surface area (Å²) in [4.78, 5) is -4.30. The molecule has 0 fully saturated rings. The first-order valence-electron chi connectivity index (χ1n) is 14.7. The maximum atomic E-state index is 12.5. The number of aromatic hydroxyl groups is 1. The van der Waals surface area contributed by atoms with Crippen molar-refractivity contribution >= 4 is 111 Å². The number of hydrogen-bond acceptors (Lipinski definition) is 16. The first-order chi connectivity index (χ1) is 25.7. The zero-order valence-corrected chi connectivity index (χ0v) is 31.3. The summed E-state index contributed by atoms with van der Waals surface area (Å²) in [5, 5.41) is 25.7. The van der Waals surface area contributed by atoms with Crippen LogP contribution in [0.1, 0.15) is 0 Å². The number of fused-ring (bicyclic) bond motifs is 3. The zero-order chi connectivity index (χ0) is 41.3. The molecule has 0 bridgehead atoms. The number of rotatable bonds is 9. The van der Waals surface area contributed by atoms with Crippen molar-refractivity contribution in [1.29, 1.82) is 0 Å². The van der Waals surface area contributed by atoms with Gasteiger partial charge in [0, 0.05) is 10.8 Å². The molecule has 292 valence electrons. The molecular weight excluding hydrogens is 847 g/mol. The highest BCUT2D eigenvalue weighted by molar-refractivity contribution is 7.87. The van der Waals surface area contributed by atoms with E-state index in [-0.39, 0.29) is 27.2 Å². The fourth-order valence-electron chi connectivity index (χ4n) is 5.50. The predicted molar refractivity (Wildman–Crippen MR) is 195 cm³/mol. The van der Waals surface area contributed by atoms with Crippen molar-refractivity contribution in [1.82, 2.24) is 0 Å². The molecule has 0 saturated heterocycles. The van der Waals surface area contributed by atoms with Crippen LogP contribution >= 0.6 is 0 Å². The van der Waals surface area contributed by atoms with Gasteiger partial charge >= 0.3 is 0 Å². The molecule has 0 heterocycles. The number of nitrogens with zero attached hydrogens (tertiary/aromatic N) is 4. The summed E-state index contributed by atoms with van der Waals surface area (Å²) in [6.45, 7) is 0. The molecule has 21 nitrogen and oxygen atoms in total. The number of hydrogen-bond donors (Lipinski definition) is 7. The standard InChI is InChI=1S/C30H21N5O16S5/c31-27-26-16(11-24(55(46,47)48)28(27)34-32-22-3-1-2-14-8-17(52(37,38)39)4-6-20(14)22)12-25(56(49,50)51)29(30(26)36)35-33-23-13-19(54(43,44)45)10-15-9-18(53(40,41)42)5-7-21(15)23/h1-13,36H,31H2,(H,37,38,39)(H,40,41,42)(H,43,44,45)(H,46,47,48)(H,49,50,51)/b34-32+,35-33+. The number of anilines is 1. The maximum absolute atomic E-state index is 12.5. The summed E-state index contributed by atoms with van der Waals surface area (Å²) in [6.07, 6.45) is 0. The molecule has 0 saturated carbocycles. The summed E-state index contributed by atoms with van der Waals surface area (Å²) < 4.78 is 170. The van der Waals surface area contributed by atoms with Crippen molar-refractivity contribution in [2.24, 2.45) is 20.5 Å². The van der Waals surface area contributed by atoms with Gasteiger partial charge in [0.15, 0.2) is 5.75 Å². The van der Waals surface area contributed by atoms with Crippen LogP contribution in [0.2, 0.25) is 0 Å². The maximum Gasteiger partial charge on any atom is 0.296 e. The molecule has 6 aromatic carbocycles. The minimum atomic E-state index is -5.39. The number of phenols is 1. The number of benzene rings is 6. The van der Waals surface area contributed by atoms with Gasteiger partial charge in [0.1, 0.15) is 21.2 Å². The Hall–Kier alpha value is -5.55. The van der Waals surface area contributed by atoms with Gasteiger partial charge in [-0.25, -0.2) is 0 Å². The van der Waals surface area contributed by atoms with Crippen molar-refractivity contribution in [3.8, 4) is 5.75 Å². The minimum Gasteiger partial charge on any atom is -0.505 e. The molecule has 56 heavy (non-hydrogen) atoms. The predicted octanol–water partition coefficient (Wildman–Crippen LogP) is 5.50. The van der Waals surface area contributed by atoms with E-state index in [0.717, 1.165) is 42.5 Å². The van der Waals surface area contributed by atoms with Crippen molar-refractivity contribution in [2.75, 3.05) is 5.73 Å². The van der Waals surface area contributed by atoms with E-state index < -0.39 is 114 Å². The van der Waals surface area contributed by atoms with Crippen LogP contribution in [0.3, 0.4) is 0 Å². The fourth-order valence-corrected chi connectivity index (χ4v) is 8.39. The second kappa shape index (κ2) is 13.6. The molecular formula is C30H21N5O16S5. The summed E-state index contributed by atoms with van der Waals surface area (Å²) in [6, 6.07) is 13.1. The van der Waals surface area contributed by atoms with Gasteiger partial charge in [-0.3, -0.25) is 22.8 Å². The fraction of sp³-hybridized carbons (Fsp3) is 0. The van der Waals surface area contributed by atoms with Gasteiger partial charge in [-0.1, -0.05) is 24.3 Å². The van der Waals surface area contributed by atoms with Gasteiger partial charge in [-0.15, -0.1) is 20.5 Å². The molecule has 0 atom stereocenters. The van der Waals surface area contributed by atoms with Gasteiger partial charge in [0.25, 0.3) is 50.6 Å². The van der Waals surface area contributed by atoms with E-state index in [1.165, 1.54) is 24.3 Å². The van der Waals surface area contributed by atoms with Crippen LogP contribution in [0.25, 0.3) is 32.3 Å². The molecule has 6 rings (SSSR count). The second-order valence-electron chi connectivity index (χ2n) is 11.6. The SMILES string of the molecule is Nc1c(/N=N/c2cccc3cc(S(=O)(=O)O)ccc23)c(S(=O)(=O)O)cc2cc(S(=O)(=O)O)c(/N=N/c3cc(S(=O)(=O)O)cc4cc(S(=O)(=O)O)ccc34)c(O)c12. The number of phenolic OH excluding ortho intramolecular Hbond substituents is 1. The van der Waals surface area contributed by atoms with Crippen LogP contribution < -0.4 is 5.73 Å². The molecule has 0 aliphatic rings. The third-order valence-corrected chi connectivity index (χ3v) is 12.2. The smallest absolute Gasteiger partial charge is 0.296 e. The van der Waals surface area contributed by atoms with Crippen molar-refractivity contribution in [2.45, 2.75) is 24.5 Å². The molecule has 0 aromatic heterocycles. The Balaban J connectivity index is 1.60. The van der Waals surface area contributed by atoms with Crippen LogP contribution in [0.15, 0.2) is 124 Å². The Kier molecular flexibility index (Phi) is 9.73. The van der Waals surface area contributed by atoms with E-state index in [4.69, 9.17) is 5.73 Å². The third-order valence-electron chi connectivity index (χ3n) is 7.98. The highest BCUT2D eigenvalue weighted by Crippen LogP contribution is 2.49. The summed E-state index contributed by atoms with van der Waals surface area (Å²) in [7, 11) is -25.1. The van der Waals surface area contributed by atoms with E-state index in [1.807, 2.05) is 0 Å². The minimum absolute atomic E-state index is 0.0198. The quantitative estimate of drug-likeness (QED) is 0.0536. The van der Waals surface area contributed by atoms with Crippen LogP contribution in [-0.4, -0.2) is 70.0 Å². The third kappa shape index (κ3) is 7.77. The molecule has 8 N–H and O–H groups in total. The Morgan fingerprint density at radius 1 is 0.446 bits per heavy atom. The lowest BCUT2D eigenvalue weighted by Gasteiger charge is -2.14. The Labute approximate surface area is 315 Å². The normalized spacial score (nSPS) is 13.4. The van der Waals surface area contributed by atoms with Crippen LogP contribution in [0.4, 0.5) is 28.4 Å². The first kappa shape index (κ1) is 40.1. The first-order valence-corrected chi connectivity index (χ1v) is 21.9. The van der Waals surface area contributed by atoms with E-state index in [1.54, 1.807) is 0 Å². The van der Waals surface area contributed by atoms with Crippen molar-refractivity contribution < 1.29 is 70.0 Å². The Bertz CT molecular complexity index is 3350. The summed E-state index contributed by atoms with van der Waals surface area (Å²) in [5.74, 6) is -1.19. The topological polar surface area (TPSA) is 368 Å². The summed E-state index contributed by atoms with van der Waals surface area (Å²) in [5.41, 5.74) is 3.09. The van der Waals surface area contributed by atoms with Gasteiger partial charge in [-0.2, -0.15) is 42.1 Å². The van der Waals surface area contributed by atoms with E-state index in [9.17, 15) is 70.0 Å². The Morgan fingerprint density at radius 3 is 1.45 bits per heavy atom. The number of nitrogen functional groups attached to an aromatic ring is 1.